The van der Waals surface area contributed by atoms with Gasteiger partial charge in [0, 0.05) is 49.2 Å². The van der Waals surface area contributed by atoms with Crippen LogP contribution < -0.4 is 5.32 Å². The smallest absolute Gasteiger partial charge is 0.223 e. The minimum Gasteiger partial charge on any atom is -0.343 e. The van der Waals surface area contributed by atoms with Crippen LogP contribution in [0, 0.1) is 0 Å². The van der Waals surface area contributed by atoms with E-state index in [1.165, 1.54) is 10.5 Å². The van der Waals surface area contributed by atoms with Crippen molar-refractivity contribution < 1.29 is 4.79 Å². The van der Waals surface area contributed by atoms with Crippen molar-refractivity contribution in [2.45, 2.75) is 31.1 Å². The Bertz CT molecular complexity index is 446. The zero-order chi connectivity index (χ0) is 14.4. The molecule has 4 heteroatoms. The van der Waals surface area contributed by atoms with E-state index in [0.717, 1.165) is 31.9 Å². The van der Waals surface area contributed by atoms with Crippen molar-refractivity contribution in [3.8, 4) is 0 Å². The molecule has 1 aliphatic heterocycles. The average Bonchev–Trinajstić information content (AvgIpc) is 2.88. The lowest BCUT2D eigenvalue weighted by molar-refractivity contribution is -0.130. The highest BCUT2D eigenvalue weighted by molar-refractivity contribution is 7.99. The fourth-order valence-electron chi connectivity index (χ4n) is 2.60. The first-order chi connectivity index (χ1) is 9.76. The number of nitrogens with one attached hydrogen (secondary N) is 1. The lowest BCUT2D eigenvalue weighted by atomic mass is 10.0. The molecule has 1 amide bonds. The van der Waals surface area contributed by atoms with Gasteiger partial charge >= 0.3 is 0 Å². The summed E-state index contributed by atoms with van der Waals surface area (Å²) < 4.78 is 0. The maximum absolute atomic E-state index is 11.9. The standard InChI is InChI=1S/C16H24N2OS/c1-3-18(4-2)16(19)9-10-17-11-13-12-20-15-8-6-5-7-14(13)15/h5-8,13,17H,3-4,9-12H2,1-2H3. The summed E-state index contributed by atoms with van der Waals surface area (Å²) >= 11 is 1.94. The van der Waals surface area contributed by atoms with E-state index in [4.69, 9.17) is 0 Å². The van der Waals surface area contributed by atoms with Gasteiger partial charge in [-0.25, -0.2) is 0 Å². The number of thioether (sulfide) groups is 1. The molecule has 0 aromatic heterocycles. The minimum atomic E-state index is 0.253. The molecular formula is C16H24N2OS. The molecule has 110 valence electrons. The Labute approximate surface area is 126 Å². The van der Waals surface area contributed by atoms with E-state index < -0.39 is 0 Å². The van der Waals surface area contributed by atoms with E-state index >= 15 is 0 Å². The van der Waals surface area contributed by atoms with Gasteiger partial charge in [0.25, 0.3) is 0 Å². The second-order valence-electron chi connectivity index (χ2n) is 5.07. The summed E-state index contributed by atoms with van der Waals surface area (Å²) in [5.74, 6) is 1.99. The molecule has 0 saturated heterocycles. The molecule has 1 aromatic carbocycles. The van der Waals surface area contributed by atoms with Gasteiger partial charge in [-0.05, 0) is 25.5 Å². The predicted molar refractivity (Wildman–Crippen MR) is 85.3 cm³/mol. The Balaban J connectivity index is 1.71. The Morgan fingerprint density at radius 3 is 2.85 bits per heavy atom. The predicted octanol–water partition coefficient (Wildman–Crippen LogP) is 2.72. The minimum absolute atomic E-state index is 0.253. The molecule has 1 unspecified atom stereocenters. The molecule has 20 heavy (non-hydrogen) atoms. The number of nitrogens with zero attached hydrogens (tertiary/aromatic N) is 1. The number of carbonyl (C=O) groups is 1. The topological polar surface area (TPSA) is 32.3 Å². The van der Waals surface area contributed by atoms with E-state index in [9.17, 15) is 4.79 Å². The van der Waals surface area contributed by atoms with E-state index in [0.29, 0.717) is 12.3 Å². The van der Waals surface area contributed by atoms with Gasteiger partial charge in [0.15, 0.2) is 0 Å². The number of rotatable bonds is 7. The lowest BCUT2D eigenvalue weighted by Gasteiger charge is -2.19. The lowest BCUT2D eigenvalue weighted by Crippen LogP contribution is -2.33. The molecule has 0 radical (unpaired) electrons. The van der Waals surface area contributed by atoms with Crippen LogP contribution in [0.3, 0.4) is 0 Å². The Morgan fingerprint density at radius 2 is 2.10 bits per heavy atom. The highest BCUT2D eigenvalue weighted by Gasteiger charge is 2.22. The Morgan fingerprint density at radius 1 is 1.35 bits per heavy atom. The van der Waals surface area contributed by atoms with Gasteiger partial charge in [-0.1, -0.05) is 18.2 Å². The van der Waals surface area contributed by atoms with Gasteiger partial charge in [-0.15, -0.1) is 11.8 Å². The average molecular weight is 292 g/mol. The van der Waals surface area contributed by atoms with Crippen LogP contribution in [0.2, 0.25) is 0 Å². The second kappa shape index (κ2) is 7.70. The van der Waals surface area contributed by atoms with E-state index in [-0.39, 0.29) is 5.91 Å². The van der Waals surface area contributed by atoms with Crippen LogP contribution >= 0.6 is 11.8 Å². The van der Waals surface area contributed by atoms with Gasteiger partial charge in [-0.2, -0.15) is 0 Å². The summed E-state index contributed by atoms with van der Waals surface area (Å²) in [5, 5.41) is 3.44. The largest absolute Gasteiger partial charge is 0.343 e. The van der Waals surface area contributed by atoms with Crippen LogP contribution in [0.4, 0.5) is 0 Å². The first-order valence-corrected chi connectivity index (χ1v) is 8.45. The third-order valence-corrected chi connectivity index (χ3v) is 5.07. The molecule has 0 bridgehead atoms. The van der Waals surface area contributed by atoms with Crippen LogP contribution in [0.15, 0.2) is 29.2 Å². The molecule has 1 heterocycles. The van der Waals surface area contributed by atoms with Gasteiger partial charge in [0.05, 0.1) is 0 Å². The third-order valence-electron chi connectivity index (χ3n) is 3.82. The van der Waals surface area contributed by atoms with Crippen molar-refractivity contribution in [3.63, 3.8) is 0 Å². The monoisotopic (exact) mass is 292 g/mol. The maximum atomic E-state index is 11.9. The van der Waals surface area contributed by atoms with Crippen LogP contribution in [-0.4, -0.2) is 42.7 Å². The molecular weight excluding hydrogens is 268 g/mol. The number of benzene rings is 1. The zero-order valence-corrected chi connectivity index (χ0v) is 13.2. The van der Waals surface area contributed by atoms with Crippen molar-refractivity contribution in [1.82, 2.24) is 10.2 Å². The summed E-state index contributed by atoms with van der Waals surface area (Å²) in [6, 6.07) is 8.64. The zero-order valence-electron chi connectivity index (χ0n) is 12.4. The number of carbonyl (C=O) groups excluding carboxylic acids is 1. The molecule has 1 atom stereocenters. The quantitative estimate of drug-likeness (QED) is 0.784. The highest BCUT2D eigenvalue weighted by atomic mass is 32.2. The molecule has 1 aliphatic rings. The van der Waals surface area contributed by atoms with Crippen LogP contribution in [0.5, 0.6) is 0 Å². The third kappa shape index (κ3) is 3.76. The van der Waals surface area contributed by atoms with Gasteiger partial charge in [-0.3, -0.25) is 4.79 Å². The Hall–Kier alpha value is -1.00. The molecule has 1 N–H and O–H groups in total. The van der Waals surface area contributed by atoms with Crippen molar-refractivity contribution in [1.29, 1.82) is 0 Å². The van der Waals surface area contributed by atoms with Crippen molar-refractivity contribution in [2.24, 2.45) is 0 Å². The first-order valence-electron chi connectivity index (χ1n) is 7.46. The van der Waals surface area contributed by atoms with Crippen molar-refractivity contribution >= 4 is 17.7 Å². The van der Waals surface area contributed by atoms with Gasteiger partial charge in [0.1, 0.15) is 0 Å². The summed E-state index contributed by atoms with van der Waals surface area (Å²) in [7, 11) is 0. The molecule has 0 fully saturated rings. The van der Waals surface area contributed by atoms with Crippen LogP contribution in [0.25, 0.3) is 0 Å². The molecule has 1 aromatic rings. The Kier molecular flexibility index (Phi) is 5.92. The molecule has 3 nitrogen and oxygen atoms in total. The number of fused-ring (bicyclic) bond motifs is 1. The van der Waals surface area contributed by atoms with Gasteiger partial charge in [0.2, 0.25) is 5.91 Å². The SMILES string of the molecule is CCN(CC)C(=O)CCNCC1CSc2ccccc21. The van der Waals surface area contributed by atoms with Gasteiger partial charge < -0.3 is 10.2 Å². The fraction of sp³-hybridized carbons (Fsp3) is 0.562. The molecule has 0 saturated carbocycles. The summed E-state index contributed by atoms with van der Waals surface area (Å²) in [6.07, 6.45) is 0.600. The normalized spacial score (nSPS) is 17.0. The summed E-state index contributed by atoms with van der Waals surface area (Å²) in [4.78, 5) is 15.2. The fourth-order valence-corrected chi connectivity index (χ4v) is 3.86. The summed E-state index contributed by atoms with van der Waals surface area (Å²) in [6.45, 7) is 7.42. The van der Waals surface area contributed by atoms with Crippen LogP contribution in [-0.2, 0) is 4.79 Å². The molecule has 0 aliphatic carbocycles. The highest BCUT2D eigenvalue weighted by Crippen LogP contribution is 2.38. The van der Waals surface area contributed by atoms with Crippen molar-refractivity contribution in [2.75, 3.05) is 31.9 Å². The van der Waals surface area contributed by atoms with E-state index in [1.807, 2.05) is 30.5 Å². The molecule has 0 spiro atoms. The number of hydrogen-bond donors (Lipinski definition) is 1. The molecule has 2 rings (SSSR count). The van der Waals surface area contributed by atoms with Crippen molar-refractivity contribution in [3.05, 3.63) is 29.8 Å². The first kappa shape index (κ1) is 15.4. The maximum Gasteiger partial charge on any atom is 0.223 e. The number of amides is 1. The van der Waals surface area contributed by atoms with E-state index in [1.54, 1.807) is 0 Å². The van der Waals surface area contributed by atoms with Crippen LogP contribution in [0.1, 0.15) is 31.7 Å². The summed E-state index contributed by atoms with van der Waals surface area (Å²) in [5.41, 5.74) is 1.46. The second-order valence-corrected chi connectivity index (χ2v) is 6.13. The van der Waals surface area contributed by atoms with E-state index in [2.05, 4.69) is 29.6 Å². The number of hydrogen-bond acceptors (Lipinski definition) is 3.